The van der Waals surface area contributed by atoms with Gasteiger partial charge in [-0.3, -0.25) is 9.59 Å². The number of benzene rings is 1. The Morgan fingerprint density at radius 2 is 1.70 bits per heavy atom. The molecule has 1 rings (SSSR count). The zero-order valence-electron chi connectivity index (χ0n) is 18.1. The number of amides is 3. The smallest absolute Gasteiger partial charge is 0.408 e. The van der Waals surface area contributed by atoms with Crippen molar-refractivity contribution in [3.05, 3.63) is 29.8 Å². The molecule has 0 aliphatic heterocycles. The van der Waals surface area contributed by atoms with Crippen molar-refractivity contribution < 1.29 is 28.6 Å². The predicted octanol–water partition coefficient (Wildman–Crippen LogP) is 1.73. The molecule has 168 valence electrons. The van der Waals surface area contributed by atoms with Crippen LogP contribution in [0.15, 0.2) is 24.3 Å². The van der Waals surface area contributed by atoms with E-state index in [4.69, 9.17) is 19.9 Å². The fourth-order valence-corrected chi connectivity index (χ4v) is 2.75. The van der Waals surface area contributed by atoms with Crippen molar-refractivity contribution in [2.45, 2.75) is 51.8 Å². The van der Waals surface area contributed by atoms with Crippen LogP contribution in [0.2, 0.25) is 0 Å². The monoisotopic (exact) mass is 423 g/mol. The van der Waals surface area contributed by atoms with Crippen LogP contribution in [0, 0.1) is 5.92 Å². The molecule has 0 fully saturated rings. The van der Waals surface area contributed by atoms with E-state index < -0.39 is 30.0 Å². The van der Waals surface area contributed by atoms with Gasteiger partial charge in [0, 0.05) is 13.7 Å². The van der Waals surface area contributed by atoms with Crippen molar-refractivity contribution >= 4 is 17.9 Å². The quantitative estimate of drug-likeness (QED) is 0.415. The van der Waals surface area contributed by atoms with E-state index in [1.165, 1.54) is 0 Å². The molecule has 4 N–H and O–H groups in total. The van der Waals surface area contributed by atoms with E-state index in [-0.39, 0.29) is 12.5 Å². The Kier molecular flexibility index (Phi) is 11.3. The summed E-state index contributed by atoms with van der Waals surface area (Å²) in [4.78, 5) is 36.5. The molecule has 0 saturated carbocycles. The molecule has 1 aromatic rings. The molecular formula is C21H33N3O6. The van der Waals surface area contributed by atoms with Crippen LogP contribution in [0.3, 0.4) is 0 Å². The molecular weight excluding hydrogens is 390 g/mol. The van der Waals surface area contributed by atoms with E-state index in [0.717, 1.165) is 5.56 Å². The average Bonchev–Trinajstić information content (AvgIpc) is 2.71. The van der Waals surface area contributed by atoms with Crippen LogP contribution in [0.4, 0.5) is 4.79 Å². The van der Waals surface area contributed by atoms with E-state index in [0.29, 0.717) is 31.6 Å². The van der Waals surface area contributed by atoms with Gasteiger partial charge in [-0.05, 0) is 42.9 Å². The summed E-state index contributed by atoms with van der Waals surface area (Å²) in [6, 6.07) is 5.40. The highest BCUT2D eigenvalue weighted by Gasteiger charge is 2.26. The van der Waals surface area contributed by atoms with Crippen LogP contribution in [0.25, 0.3) is 0 Å². The van der Waals surface area contributed by atoms with Gasteiger partial charge in [-0.25, -0.2) is 4.79 Å². The minimum Gasteiger partial charge on any atom is -0.497 e. The highest BCUT2D eigenvalue weighted by Crippen LogP contribution is 2.12. The minimum atomic E-state index is -0.849. The van der Waals surface area contributed by atoms with Gasteiger partial charge in [0.1, 0.15) is 24.4 Å². The highest BCUT2D eigenvalue weighted by atomic mass is 16.5. The molecule has 0 aromatic heterocycles. The number of carbonyl (C=O) groups excluding carboxylic acids is 3. The normalized spacial score (nSPS) is 12.7. The third kappa shape index (κ3) is 9.60. The summed E-state index contributed by atoms with van der Waals surface area (Å²) in [7, 11) is 3.12. The first kappa shape index (κ1) is 25.2. The van der Waals surface area contributed by atoms with E-state index in [1.807, 2.05) is 13.8 Å². The van der Waals surface area contributed by atoms with Crippen LogP contribution in [-0.2, 0) is 25.7 Å². The van der Waals surface area contributed by atoms with E-state index in [9.17, 15) is 14.4 Å². The maximum atomic E-state index is 12.7. The topological polar surface area (TPSA) is 129 Å². The third-order valence-corrected chi connectivity index (χ3v) is 4.35. The molecule has 0 aliphatic carbocycles. The van der Waals surface area contributed by atoms with Crippen LogP contribution >= 0.6 is 0 Å². The number of rotatable bonds is 13. The zero-order valence-corrected chi connectivity index (χ0v) is 18.1. The lowest BCUT2D eigenvalue weighted by atomic mass is 10.0. The number of hydrogen-bond acceptors (Lipinski definition) is 6. The zero-order chi connectivity index (χ0) is 22.5. The van der Waals surface area contributed by atoms with E-state index in [1.54, 1.807) is 38.5 Å². The molecule has 0 unspecified atom stereocenters. The second-order valence-electron chi connectivity index (χ2n) is 7.35. The van der Waals surface area contributed by atoms with Gasteiger partial charge in [0.15, 0.2) is 0 Å². The Bertz CT molecular complexity index is 678. The number of ether oxygens (including phenoxy) is 3. The average molecular weight is 424 g/mol. The van der Waals surface area contributed by atoms with Gasteiger partial charge < -0.3 is 30.6 Å². The predicted molar refractivity (Wildman–Crippen MR) is 112 cm³/mol. The Labute approximate surface area is 177 Å². The molecule has 0 saturated heterocycles. The Morgan fingerprint density at radius 3 is 2.23 bits per heavy atom. The third-order valence-electron chi connectivity index (χ3n) is 4.35. The van der Waals surface area contributed by atoms with Gasteiger partial charge in [-0.15, -0.1) is 0 Å². The van der Waals surface area contributed by atoms with Crippen LogP contribution in [-0.4, -0.2) is 50.8 Å². The maximum Gasteiger partial charge on any atom is 0.408 e. The van der Waals surface area contributed by atoms with Gasteiger partial charge in [0.05, 0.1) is 7.11 Å². The summed E-state index contributed by atoms with van der Waals surface area (Å²) in [5.41, 5.74) is 6.17. The SMILES string of the molecule is COCCC[C@H](NC(=O)[C@H](CC(C)C)NC(=O)OCc1ccc(OC)cc1)C(N)=O. The first-order chi connectivity index (χ1) is 14.3. The molecule has 0 bridgehead atoms. The van der Waals surface area contributed by atoms with Gasteiger partial charge in [-0.1, -0.05) is 26.0 Å². The second kappa shape index (κ2) is 13.4. The summed E-state index contributed by atoms with van der Waals surface area (Å²) in [5, 5.41) is 5.20. The van der Waals surface area contributed by atoms with E-state index >= 15 is 0 Å². The maximum absolute atomic E-state index is 12.7. The number of nitrogens with one attached hydrogen (secondary N) is 2. The van der Waals surface area contributed by atoms with Gasteiger partial charge >= 0.3 is 6.09 Å². The number of nitrogens with two attached hydrogens (primary N) is 1. The van der Waals surface area contributed by atoms with Crippen molar-refractivity contribution in [2.24, 2.45) is 11.7 Å². The molecule has 0 heterocycles. The van der Waals surface area contributed by atoms with Gasteiger partial charge in [0.2, 0.25) is 11.8 Å². The number of hydrogen-bond donors (Lipinski definition) is 3. The Hall–Kier alpha value is -2.81. The molecule has 1 aromatic carbocycles. The number of alkyl carbamates (subject to hydrolysis) is 1. The molecule has 2 atom stereocenters. The molecule has 9 nitrogen and oxygen atoms in total. The van der Waals surface area contributed by atoms with Crippen LogP contribution in [0.1, 0.15) is 38.7 Å². The molecule has 3 amide bonds. The van der Waals surface area contributed by atoms with E-state index in [2.05, 4.69) is 10.6 Å². The van der Waals surface area contributed by atoms with Gasteiger partial charge in [0.25, 0.3) is 0 Å². The second-order valence-corrected chi connectivity index (χ2v) is 7.35. The van der Waals surface area contributed by atoms with Crippen molar-refractivity contribution in [2.75, 3.05) is 20.8 Å². The molecule has 9 heteroatoms. The largest absolute Gasteiger partial charge is 0.497 e. The fourth-order valence-electron chi connectivity index (χ4n) is 2.75. The highest BCUT2D eigenvalue weighted by molar-refractivity contribution is 5.90. The van der Waals surface area contributed by atoms with Gasteiger partial charge in [-0.2, -0.15) is 0 Å². The van der Waals surface area contributed by atoms with Crippen molar-refractivity contribution in [3.63, 3.8) is 0 Å². The van der Waals surface area contributed by atoms with Crippen LogP contribution in [0.5, 0.6) is 5.75 Å². The molecule has 0 aliphatic rings. The summed E-state index contributed by atoms with van der Waals surface area (Å²) in [5.74, 6) is -0.286. The first-order valence-corrected chi connectivity index (χ1v) is 9.91. The Balaban J connectivity index is 2.65. The lowest BCUT2D eigenvalue weighted by Gasteiger charge is -2.23. The summed E-state index contributed by atoms with van der Waals surface area (Å²) in [6.45, 7) is 4.35. The van der Waals surface area contributed by atoms with Crippen LogP contribution < -0.4 is 21.1 Å². The standard InChI is InChI=1S/C21H33N3O6/c1-14(2)12-18(20(26)23-17(19(22)25)6-5-11-28-3)24-21(27)30-13-15-7-9-16(29-4)10-8-15/h7-10,14,17-18H,5-6,11-13H2,1-4H3,(H2,22,25)(H,23,26)(H,24,27)/t17-,18-/m0/s1. The molecule has 0 spiro atoms. The Morgan fingerprint density at radius 1 is 1.03 bits per heavy atom. The van der Waals surface area contributed by atoms with Crippen molar-refractivity contribution in [3.8, 4) is 5.75 Å². The molecule has 0 radical (unpaired) electrons. The van der Waals surface area contributed by atoms with Crippen molar-refractivity contribution in [1.82, 2.24) is 10.6 Å². The number of carbonyl (C=O) groups is 3. The fraction of sp³-hybridized carbons (Fsp3) is 0.571. The van der Waals surface area contributed by atoms with Crippen molar-refractivity contribution in [1.29, 1.82) is 0 Å². The number of methoxy groups -OCH3 is 2. The first-order valence-electron chi connectivity index (χ1n) is 9.91. The minimum absolute atomic E-state index is 0.0484. The molecule has 30 heavy (non-hydrogen) atoms. The lowest BCUT2D eigenvalue weighted by molar-refractivity contribution is -0.129. The number of primary amides is 1. The summed E-state index contributed by atoms with van der Waals surface area (Å²) >= 11 is 0. The summed E-state index contributed by atoms with van der Waals surface area (Å²) < 4.78 is 15.3. The summed E-state index contributed by atoms with van der Waals surface area (Å²) in [6.07, 6.45) is 0.580. The lowest BCUT2D eigenvalue weighted by Crippen LogP contribution is -2.53.